The minimum absolute atomic E-state index is 0.359. The van der Waals surface area contributed by atoms with E-state index in [1.165, 1.54) is 11.1 Å². The summed E-state index contributed by atoms with van der Waals surface area (Å²) in [5.41, 5.74) is 10.1. The monoisotopic (exact) mass is 313 g/mol. The number of thiophene rings is 1. The van der Waals surface area contributed by atoms with Gasteiger partial charge in [-0.25, -0.2) is 4.98 Å². The van der Waals surface area contributed by atoms with Gasteiger partial charge in [-0.3, -0.25) is 0 Å². The predicted octanol–water partition coefficient (Wildman–Crippen LogP) is 3.85. The summed E-state index contributed by atoms with van der Waals surface area (Å²) in [6.07, 6.45) is 0. The molecule has 3 rings (SSSR count). The number of fused-ring (bicyclic) bond motifs is 1. The van der Waals surface area contributed by atoms with Crippen LogP contribution in [0.1, 0.15) is 16.7 Å². The van der Waals surface area contributed by atoms with Crippen LogP contribution in [0.3, 0.4) is 0 Å². The molecule has 2 heterocycles. The maximum absolute atomic E-state index is 5.84. The fraction of sp³-hybridized carbons (Fsp3) is 0.125. The number of benzene rings is 1. The number of aryl methyl sites for hydroxylation is 1. The van der Waals surface area contributed by atoms with Gasteiger partial charge in [0.25, 0.3) is 0 Å². The van der Waals surface area contributed by atoms with Crippen LogP contribution in [0.25, 0.3) is 10.9 Å². The summed E-state index contributed by atoms with van der Waals surface area (Å²) in [4.78, 5) is 5.01. The van der Waals surface area contributed by atoms with E-state index in [0.717, 1.165) is 28.8 Å². The second-order valence-corrected chi connectivity index (χ2v) is 6.06. The SMILES string of the molecule is Cc1cscc1CNc1nc2ccccc2cc1C(N)=S. The minimum atomic E-state index is 0.359. The number of aromatic nitrogens is 1. The summed E-state index contributed by atoms with van der Waals surface area (Å²) in [7, 11) is 0. The van der Waals surface area contributed by atoms with Crippen molar-refractivity contribution < 1.29 is 0 Å². The number of pyridine rings is 1. The van der Waals surface area contributed by atoms with E-state index in [1.807, 2.05) is 30.3 Å². The van der Waals surface area contributed by atoms with Gasteiger partial charge in [0.2, 0.25) is 0 Å². The van der Waals surface area contributed by atoms with E-state index in [4.69, 9.17) is 18.0 Å². The maximum Gasteiger partial charge on any atom is 0.137 e. The number of thiocarbonyl (C=S) groups is 1. The van der Waals surface area contributed by atoms with Crippen molar-refractivity contribution >= 4 is 45.3 Å². The Morgan fingerprint density at radius 3 is 2.86 bits per heavy atom. The second kappa shape index (κ2) is 5.79. The highest BCUT2D eigenvalue weighted by molar-refractivity contribution is 7.80. The Hall–Kier alpha value is -1.98. The summed E-state index contributed by atoms with van der Waals surface area (Å²) in [6, 6.07) is 9.95. The number of hydrogen-bond donors (Lipinski definition) is 2. The quantitative estimate of drug-likeness (QED) is 0.718. The average Bonchev–Trinajstić information content (AvgIpc) is 2.89. The Morgan fingerprint density at radius 2 is 2.14 bits per heavy atom. The highest BCUT2D eigenvalue weighted by Gasteiger charge is 2.09. The zero-order valence-corrected chi connectivity index (χ0v) is 13.2. The van der Waals surface area contributed by atoms with E-state index in [-0.39, 0.29) is 0 Å². The minimum Gasteiger partial charge on any atom is -0.389 e. The van der Waals surface area contributed by atoms with Crippen LogP contribution in [0.15, 0.2) is 41.1 Å². The fourth-order valence-electron chi connectivity index (χ4n) is 2.19. The van der Waals surface area contributed by atoms with Crippen LogP contribution in [0.5, 0.6) is 0 Å². The third-order valence-electron chi connectivity index (χ3n) is 3.40. The maximum atomic E-state index is 5.84. The molecule has 0 aliphatic carbocycles. The first kappa shape index (κ1) is 14.0. The lowest BCUT2D eigenvalue weighted by molar-refractivity contribution is 1.11. The smallest absolute Gasteiger partial charge is 0.137 e. The number of nitrogens with two attached hydrogens (primary N) is 1. The first-order chi connectivity index (χ1) is 10.1. The van der Waals surface area contributed by atoms with E-state index >= 15 is 0 Å². The number of rotatable bonds is 4. The molecule has 0 amide bonds. The zero-order valence-electron chi connectivity index (χ0n) is 11.6. The molecule has 0 unspecified atom stereocenters. The van der Waals surface area contributed by atoms with Gasteiger partial charge in [-0.1, -0.05) is 30.4 Å². The van der Waals surface area contributed by atoms with Crippen molar-refractivity contribution in [1.29, 1.82) is 0 Å². The van der Waals surface area contributed by atoms with E-state index in [1.54, 1.807) is 11.3 Å². The largest absolute Gasteiger partial charge is 0.389 e. The molecular weight excluding hydrogens is 298 g/mol. The molecule has 21 heavy (non-hydrogen) atoms. The number of anilines is 1. The molecule has 0 atom stereocenters. The standard InChI is InChI=1S/C16H15N3S2/c1-10-8-21-9-12(10)7-18-16-13(15(17)20)6-11-4-2-3-5-14(11)19-16/h2-6,8-9H,7H2,1H3,(H2,17,20)(H,18,19). The molecule has 0 saturated carbocycles. The van der Waals surface area contributed by atoms with Crippen molar-refractivity contribution in [3.63, 3.8) is 0 Å². The molecule has 106 valence electrons. The number of nitrogens with one attached hydrogen (secondary N) is 1. The average molecular weight is 313 g/mol. The molecule has 3 N–H and O–H groups in total. The van der Waals surface area contributed by atoms with Gasteiger partial charge in [0.15, 0.2) is 0 Å². The number of hydrogen-bond acceptors (Lipinski definition) is 4. The van der Waals surface area contributed by atoms with Crippen LogP contribution in [0.2, 0.25) is 0 Å². The third-order valence-corrected chi connectivity index (χ3v) is 4.53. The van der Waals surface area contributed by atoms with Gasteiger partial charge in [0, 0.05) is 11.9 Å². The van der Waals surface area contributed by atoms with Gasteiger partial charge < -0.3 is 11.1 Å². The van der Waals surface area contributed by atoms with Crippen molar-refractivity contribution in [2.24, 2.45) is 5.73 Å². The van der Waals surface area contributed by atoms with Crippen molar-refractivity contribution in [2.45, 2.75) is 13.5 Å². The number of para-hydroxylation sites is 1. The van der Waals surface area contributed by atoms with E-state index in [2.05, 4.69) is 28.0 Å². The summed E-state index contributed by atoms with van der Waals surface area (Å²) in [6.45, 7) is 2.83. The Bertz CT molecular complexity index is 808. The molecule has 0 spiro atoms. The lowest BCUT2D eigenvalue weighted by atomic mass is 10.1. The summed E-state index contributed by atoms with van der Waals surface area (Å²) in [5.74, 6) is 0.742. The number of nitrogens with zero attached hydrogens (tertiary/aromatic N) is 1. The molecule has 1 aromatic carbocycles. The van der Waals surface area contributed by atoms with Crippen molar-refractivity contribution in [3.05, 3.63) is 57.8 Å². The molecule has 3 aromatic rings. The van der Waals surface area contributed by atoms with Crippen LogP contribution in [-0.2, 0) is 6.54 Å². The van der Waals surface area contributed by atoms with E-state index in [9.17, 15) is 0 Å². The zero-order chi connectivity index (χ0) is 14.8. The highest BCUT2D eigenvalue weighted by atomic mass is 32.1. The van der Waals surface area contributed by atoms with Crippen molar-refractivity contribution in [3.8, 4) is 0 Å². The van der Waals surface area contributed by atoms with Crippen LogP contribution < -0.4 is 11.1 Å². The lowest BCUT2D eigenvalue weighted by Crippen LogP contribution is -2.14. The van der Waals surface area contributed by atoms with Gasteiger partial charge in [-0.15, -0.1) is 0 Å². The Kier molecular flexibility index (Phi) is 3.86. The molecule has 0 fully saturated rings. The fourth-order valence-corrected chi connectivity index (χ4v) is 3.20. The summed E-state index contributed by atoms with van der Waals surface area (Å²) in [5, 5.41) is 8.68. The lowest BCUT2D eigenvalue weighted by Gasteiger charge is -2.12. The van der Waals surface area contributed by atoms with Crippen LogP contribution >= 0.6 is 23.6 Å². The van der Waals surface area contributed by atoms with Crippen LogP contribution in [0.4, 0.5) is 5.82 Å². The molecule has 0 radical (unpaired) electrons. The molecule has 0 saturated heterocycles. The topological polar surface area (TPSA) is 50.9 Å². The third kappa shape index (κ3) is 2.89. The van der Waals surface area contributed by atoms with E-state index in [0.29, 0.717) is 4.99 Å². The molecule has 2 aromatic heterocycles. The van der Waals surface area contributed by atoms with Gasteiger partial charge >= 0.3 is 0 Å². The normalized spacial score (nSPS) is 10.7. The molecule has 0 bridgehead atoms. The van der Waals surface area contributed by atoms with Crippen LogP contribution in [-0.4, -0.2) is 9.97 Å². The second-order valence-electron chi connectivity index (χ2n) is 4.88. The summed E-state index contributed by atoms with van der Waals surface area (Å²) < 4.78 is 0. The molecule has 0 aliphatic heterocycles. The first-order valence-electron chi connectivity index (χ1n) is 6.60. The first-order valence-corrected chi connectivity index (χ1v) is 7.95. The Morgan fingerprint density at radius 1 is 1.33 bits per heavy atom. The molecule has 0 aliphatic rings. The van der Waals surface area contributed by atoms with Gasteiger partial charge in [0.05, 0.1) is 11.1 Å². The Labute approximate surface area is 132 Å². The van der Waals surface area contributed by atoms with Gasteiger partial charge in [-0.2, -0.15) is 11.3 Å². The molecule has 5 heteroatoms. The van der Waals surface area contributed by atoms with Gasteiger partial charge in [-0.05, 0) is 40.9 Å². The predicted molar refractivity (Wildman–Crippen MR) is 94.0 cm³/mol. The van der Waals surface area contributed by atoms with Crippen molar-refractivity contribution in [1.82, 2.24) is 4.98 Å². The highest BCUT2D eigenvalue weighted by Crippen LogP contribution is 2.22. The molecule has 3 nitrogen and oxygen atoms in total. The van der Waals surface area contributed by atoms with Gasteiger partial charge in [0.1, 0.15) is 10.8 Å². The summed E-state index contributed by atoms with van der Waals surface area (Å²) >= 11 is 6.86. The van der Waals surface area contributed by atoms with Crippen molar-refractivity contribution in [2.75, 3.05) is 5.32 Å². The van der Waals surface area contributed by atoms with E-state index < -0.39 is 0 Å². The van der Waals surface area contributed by atoms with Crippen LogP contribution in [0, 0.1) is 6.92 Å². The Balaban J connectivity index is 1.97. The molecular formula is C16H15N3S2.